The lowest BCUT2D eigenvalue weighted by Gasteiger charge is -2.22. The quantitative estimate of drug-likeness (QED) is 0.835. The van der Waals surface area contributed by atoms with Gasteiger partial charge < -0.3 is 20.3 Å². The van der Waals surface area contributed by atoms with Gasteiger partial charge in [-0.05, 0) is 50.8 Å². The van der Waals surface area contributed by atoms with Crippen LogP contribution in [0.25, 0.3) is 5.57 Å². The maximum atomic E-state index is 13.0. The first-order chi connectivity index (χ1) is 11.6. The van der Waals surface area contributed by atoms with Crippen molar-refractivity contribution in [2.45, 2.75) is 32.7 Å². The summed E-state index contributed by atoms with van der Waals surface area (Å²) in [5, 5.41) is 6.87. The number of rotatable bonds is 4. The molecular weight excluding hydrogens is 302 g/mol. The lowest BCUT2D eigenvalue weighted by Crippen LogP contribution is -2.35. The maximum absolute atomic E-state index is 13.0. The van der Waals surface area contributed by atoms with Crippen LogP contribution in [-0.2, 0) is 9.53 Å². The van der Waals surface area contributed by atoms with E-state index in [-0.39, 0.29) is 11.9 Å². The number of morpholine rings is 1. The van der Waals surface area contributed by atoms with Crippen LogP contribution in [0.3, 0.4) is 0 Å². The van der Waals surface area contributed by atoms with E-state index in [9.17, 15) is 4.79 Å². The standard InChI is InChI=1S/C19H25N3O2/c1-12(2)22-17-6-5-14(21-10-13-3-4-13)9-15(17)18(19(22)23)16-11-24-8-7-20-16/h5-6,9,12-13,20-21H,3-4,7-8,10-11H2,1-2H3/b18-16-. The molecule has 1 aliphatic carbocycles. The molecule has 0 spiro atoms. The van der Waals surface area contributed by atoms with Crippen molar-refractivity contribution < 1.29 is 9.53 Å². The van der Waals surface area contributed by atoms with Gasteiger partial charge in [-0.1, -0.05) is 0 Å². The normalized spacial score (nSPS) is 23.5. The molecule has 1 saturated heterocycles. The van der Waals surface area contributed by atoms with Crippen LogP contribution < -0.4 is 15.5 Å². The molecule has 24 heavy (non-hydrogen) atoms. The highest BCUT2D eigenvalue weighted by Crippen LogP contribution is 2.41. The van der Waals surface area contributed by atoms with Crippen LogP contribution in [0, 0.1) is 5.92 Å². The molecule has 1 saturated carbocycles. The van der Waals surface area contributed by atoms with Crippen molar-refractivity contribution in [2.75, 3.05) is 36.5 Å². The van der Waals surface area contributed by atoms with Crippen LogP contribution in [-0.4, -0.2) is 38.3 Å². The molecule has 2 aliphatic heterocycles. The molecule has 2 heterocycles. The summed E-state index contributed by atoms with van der Waals surface area (Å²) >= 11 is 0. The Labute approximate surface area is 143 Å². The van der Waals surface area contributed by atoms with Crippen molar-refractivity contribution in [3.05, 3.63) is 29.5 Å². The molecule has 4 rings (SSSR count). The summed E-state index contributed by atoms with van der Waals surface area (Å²) in [4.78, 5) is 14.9. The number of ether oxygens (including phenoxy) is 1. The second-order valence-corrected chi connectivity index (χ2v) is 7.16. The van der Waals surface area contributed by atoms with Gasteiger partial charge in [0.2, 0.25) is 0 Å². The first-order valence-corrected chi connectivity index (χ1v) is 8.92. The molecule has 1 aromatic rings. The van der Waals surface area contributed by atoms with Gasteiger partial charge in [0.15, 0.2) is 0 Å². The van der Waals surface area contributed by atoms with Crippen molar-refractivity contribution in [1.82, 2.24) is 5.32 Å². The molecular formula is C19H25N3O2. The number of anilines is 2. The summed E-state index contributed by atoms with van der Waals surface area (Å²) in [6, 6.07) is 6.41. The van der Waals surface area contributed by atoms with E-state index in [2.05, 4.69) is 42.7 Å². The predicted molar refractivity (Wildman–Crippen MR) is 96.0 cm³/mol. The molecule has 0 unspecified atom stereocenters. The Morgan fingerprint density at radius 1 is 1.38 bits per heavy atom. The Kier molecular flexibility index (Phi) is 3.96. The summed E-state index contributed by atoms with van der Waals surface area (Å²) in [6.07, 6.45) is 2.65. The number of benzene rings is 1. The summed E-state index contributed by atoms with van der Waals surface area (Å²) < 4.78 is 5.56. The first-order valence-electron chi connectivity index (χ1n) is 8.92. The molecule has 1 amide bonds. The molecule has 5 nitrogen and oxygen atoms in total. The Hall–Kier alpha value is -2.01. The Bertz CT molecular complexity index is 684. The van der Waals surface area contributed by atoms with E-state index in [1.807, 2.05) is 4.90 Å². The lowest BCUT2D eigenvalue weighted by atomic mass is 10.0. The number of hydrogen-bond donors (Lipinski definition) is 2. The fourth-order valence-corrected chi connectivity index (χ4v) is 3.45. The highest BCUT2D eigenvalue weighted by atomic mass is 16.5. The van der Waals surface area contributed by atoms with Crippen molar-refractivity contribution >= 4 is 22.9 Å². The van der Waals surface area contributed by atoms with Gasteiger partial charge in [0.1, 0.15) is 0 Å². The largest absolute Gasteiger partial charge is 0.385 e. The molecule has 128 valence electrons. The SMILES string of the molecule is CC(C)N1C(=O)/C(=C2/COCCN2)c2cc(NCC3CC3)ccc21. The Morgan fingerprint density at radius 3 is 2.88 bits per heavy atom. The molecule has 0 aromatic heterocycles. The van der Waals surface area contributed by atoms with Crippen LogP contribution in [0.5, 0.6) is 0 Å². The van der Waals surface area contributed by atoms with Gasteiger partial charge in [0.25, 0.3) is 5.91 Å². The zero-order valence-corrected chi connectivity index (χ0v) is 14.4. The van der Waals surface area contributed by atoms with Gasteiger partial charge in [-0.2, -0.15) is 0 Å². The molecule has 3 aliphatic rings. The fraction of sp³-hybridized carbons (Fsp3) is 0.526. The average molecular weight is 327 g/mol. The number of nitrogens with one attached hydrogen (secondary N) is 2. The van der Waals surface area contributed by atoms with Gasteiger partial charge in [-0.3, -0.25) is 4.79 Å². The molecule has 2 fully saturated rings. The number of fused-ring (bicyclic) bond motifs is 1. The molecule has 2 N–H and O–H groups in total. The van der Waals surface area contributed by atoms with Gasteiger partial charge in [0, 0.05) is 30.4 Å². The lowest BCUT2D eigenvalue weighted by molar-refractivity contribution is -0.113. The van der Waals surface area contributed by atoms with Gasteiger partial charge in [0.05, 0.1) is 30.2 Å². The highest BCUT2D eigenvalue weighted by molar-refractivity contribution is 6.33. The summed E-state index contributed by atoms with van der Waals surface area (Å²) in [6.45, 7) is 7.05. The van der Waals surface area contributed by atoms with E-state index in [4.69, 9.17) is 4.74 Å². The smallest absolute Gasteiger partial charge is 0.261 e. The van der Waals surface area contributed by atoms with Crippen LogP contribution in [0.2, 0.25) is 0 Å². The first kappa shape index (κ1) is 15.5. The van der Waals surface area contributed by atoms with E-state index in [1.165, 1.54) is 12.8 Å². The molecule has 0 atom stereocenters. The van der Waals surface area contributed by atoms with Crippen molar-refractivity contribution in [3.63, 3.8) is 0 Å². The van der Waals surface area contributed by atoms with Crippen LogP contribution in [0.15, 0.2) is 23.9 Å². The number of carbonyl (C=O) groups excluding carboxylic acids is 1. The fourth-order valence-electron chi connectivity index (χ4n) is 3.45. The summed E-state index contributed by atoms with van der Waals surface area (Å²) in [5.74, 6) is 0.894. The molecule has 1 aromatic carbocycles. The molecule has 0 radical (unpaired) electrons. The third-order valence-electron chi connectivity index (χ3n) is 4.90. The Balaban J connectivity index is 1.73. The van der Waals surface area contributed by atoms with Gasteiger partial charge >= 0.3 is 0 Å². The van der Waals surface area contributed by atoms with Crippen LogP contribution in [0.4, 0.5) is 11.4 Å². The third-order valence-corrected chi connectivity index (χ3v) is 4.90. The predicted octanol–water partition coefficient (Wildman–Crippen LogP) is 2.59. The van der Waals surface area contributed by atoms with E-state index in [0.29, 0.717) is 13.2 Å². The van der Waals surface area contributed by atoms with Gasteiger partial charge in [-0.25, -0.2) is 0 Å². The van der Waals surface area contributed by atoms with Crippen molar-refractivity contribution in [3.8, 4) is 0 Å². The molecule has 5 heteroatoms. The van der Waals surface area contributed by atoms with Crippen LogP contribution >= 0.6 is 0 Å². The van der Waals surface area contributed by atoms with E-state index in [1.54, 1.807) is 0 Å². The third kappa shape index (κ3) is 2.77. The minimum Gasteiger partial charge on any atom is -0.385 e. The summed E-state index contributed by atoms with van der Waals surface area (Å²) in [5.41, 5.74) is 4.79. The van der Waals surface area contributed by atoms with E-state index >= 15 is 0 Å². The number of nitrogens with zero attached hydrogens (tertiary/aromatic N) is 1. The van der Waals surface area contributed by atoms with E-state index < -0.39 is 0 Å². The zero-order valence-electron chi connectivity index (χ0n) is 14.4. The van der Waals surface area contributed by atoms with Crippen LogP contribution in [0.1, 0.15) is 32.3 Å². The number of amides is 1. The molecule has 0 bridgehead atoms. The van der Waals surface area contributed by atoms with Crippen molar-refractivity contribution in [1.29, 1.82) is 0 Å². The maximum Gasteiger partial charge on any atom is 0.261 e. The number of carbonyl (C=O) groups is 1. The second kappa shape index (κ2) is 6.13. The van der Waals surface area contributed by atoms with Gasteiger partial charge in [-0.15, -0.1) is 0 Å². The monoisotopic (exact) mass is 327 g/mol. The Morgan fingerprint density at radius 2 is 2.21 bits per heavy atom. The zero-order chi connectivity index (χ0) is 16.7. The summed E-state index contributed by atoms with van der Waals surface area (Å²) in [7, 11) is 0. The topological polar surface area (TPSA) is 53.6 Å². The van der Waals surface area contributed by atoms with Crippen molar-refractivity contribution in [2.24, 2.45) is 5.92 Å². The minimum absolute atomic E-state index is 0.0762. The van der Waals surface area contributed by atoms with E-state index in [0.717, 1.165) is 47.2 Å². The average Bonchev–Trinajstić information content (AvgIpc) is 3.35. The number of hydrogen-bond acceptors (Lipinski definition) is 4. The minimum atomic E-state index is 0.0762. The second-order valence-electron chi connectivity index (χ2n) is 7.16. The highest BCUT2D eigenvalue weighted by Gasteiger charge is 2.36.